The molecule has 0 spiro atoms. The molecule has 0 fully saturated rings. The molecule has 0 saturated carbocycles. The minimum atomic E-state index is -0.311. The summed E-state index contributed by atoms with van der Waals surface area (Å²) >= 11 is 0. The summed E-state index contributed by atoms with van der Waals surface area (Å²) in [4.78, 5) is 11.4. The van der Waals surface area contributed by atoms with E-state index >= 15 is 0 Å². The minimum absolute atomic E-state index is 0.151. The van der Waals surface area contributed by atoms with E-state index in [2.05, 4.69) is 5.10 Å². The molecule has 1 aromatic carbocycles. The Morgan fingerprint density at radius 2 is 1.81 bits per heavy atom. The SMILES string of the molecule is CC.COC(=O)Cc1c(C)nn(-c2ccccc2)c1OC. The number of methoxy groups -OCH3 is 2. The molecule has 2 aromatic rings. The van der Waals surface area contributed by atoms with Gasteiger partial charge in [0.05, 0.1) is 32.0 Å². The third-order valence-corrected chi connectivity index (χ3v) is 2.88. The van der Waals surface area contributed by atoms with Crippen molar-refractivity contribution >= 4 is 5.97 Å². The number of hydrogen-bond donors (Lipinski definition) is 0. The first kappa shape index (κ1) is 16.8. The van der Waals surface area contributed by atoms with E-state index in [1.807, 2.05) is 51.1 Å². The summed E-state index contributed by atoms with van der Waals surface area (Å²) in [6.45, 7) is 5.85. The van der Waals surface area contributed by atoms with Gasteiger partial charge >= 0.3 is 5.97 Å². The number of benzene rings is 1. The fourth-order valence-corrected chi connectivity index (χ4v) is 1.91. The zero-order valence-electron chi connectivity index (χ0n) is 13.2. The molecule has 0 aliphatic carbocycles. The fourth-order valence-electron chi connectivity index (χ4n) is 1.91. The number of aromatic nitrogens is 2. The summed E-state index contributed by atoms with van der Waals surface area (Å²) in [5, 5.41) is 4.42. The maximum atomic E-state index is 11.4. The first-order chi connectivity index (χ1) is 10.2. The van der Waals surface area contributed by atoms with Crippen LogP contribution in [0.5, 0.6) is 5.88 Å². The minimum Gasteiger partial charge on any atom is -0.481 e. The van der Waals surface area contributed by atoms with E-state index in [4.69, 9.17) is 9.47 Å². The van der Waals surface area contributed by atoms with Crippen molar-refractivity contribution in [3.05, 3.63) is 41.6 Å². The highest BCUT2D eigenvalue weighted by atomic mass is 16.5. The Kier molecular flexibility index (Phi) is 6.46. The van der Waals surface area contributed by atoms with Crippen molar-refractivity contribution in [3.63, 3.8) is 0 Å². The number of para-hydroxylation sites is 1. The van der Waals surface area contributed by atoms with E-state index in [1.54, 1.807) is 11.8 Å². The van der Waals surface area contributed by atoms with E-state index < -0.39 is 0 Å². The number of rotatable bonds is 4. The van der Waals surface area contributed by atoms with Crippen LogP contribution < -0.4 is 4.74 Å². The smallest absolute Gasteiger partial charge is 0.310 e. The van der Waals surface area contributed by atoms with Crippen molar-refractivity contribution in [2.24, 2.45) is 0 Å². The van der Waals surface area contributed by atoms with E-state index in [0.29, 0.717) is 5.88 Å². The number of esters is 1. The molecule has 0 atom stereocenters. The molecule has 0 saturated heterocycles. The molecule has 1 heterocycles. The highest BCUT2D eigenvalue weighted by molar-refractivity contribution is 5.73. The number of hydrogen-bond acceptors (Lipinski definition) is 4. The van der Waals surface area contributed by atoms with Gasteiger partial charge in [-0.15, -0.1) is 0 Å². The van der Waals surface area contributed by atoms with Gasteiger partial charge in [-0.25, -0.2) is 4.68 Å². The first-order valence-corrected chi connectivity index (χ1v) is 6.92. The van der Waals surface area contributed by atoms with E-state index in [0.717, 1.165) is 16.9 Å². The van der Waals surface area contributed by atoms with Crippen LogP contribution in [0.4, 0.5) is 0 Å². The normalized spacial score (nSPS) is 9.57. The molecule has 0 aliphatic heterocycles. The average Bonchev–Trinajstić information content (AvgIpc) is 2.86. The molecule has 2 rings (SSSR count). The molecule has 0 amide bonds. The lowest BCUT2D eigenvalue weighted by atomic mass is 10.2. The number of ether oxygens (including phenoxy) is 2. The Bertz CT molecular complexity index is 577. The predicted octanol–water partition coefficient (Wildman–Crippen LogP) is 2.93. The summed E-state index contributed by atoms with van der Waals surface area (Å²) in [5.74, 6) is 0.253. The van der Waals surface area contributed by atoms with Crippen LogP contribution in [-0.4, -0.2) is 30.0 Å². The highest BCUT2D eigenvalue weighted by Gasteiger charge is 2.19. The summed E-state index contributed by atoms with van der Waals surface area (Å²) < 4.78 is 11.8. The Labute approximate surface area is 125 Å². The van der Waals surface area contributed by atoms with E-state index in [1.165, 1.54) is 7.11 Å². The van der Waals surface area contributed by atoms with Gasteiger partial charge in [0.25, 0.3) is 0 Å². The standard InChI is InChI=1S/C14H16N2O3.C2H6/c1-10-12(9-13(17)18-2)14(19-3)16(15-10)11-7-5-4-6-8-11;1-2/h4-8H,9H2,1-3H3;1-2H3. The van der Waals surface area contributed by atoms with Gasteiger partial charge in [-0.05, 0) is 19.1 Å². The van der Waals surface area contributed by atoms with Crippen LogP contribution in [0.15, 0.2) is 30.3 Å². The van der Waals surface area contributed by atoms with Crippen molar-refractivity contribution in [2.45, 2.75) is 27.2 Å². The second-order valence-electron chi connectivity index (χ2n) is 4.07. The molecule has 0 aliphatic rings. The first-order valence-electron chi connectivity index (χ1n) is 6.92. The molecule has 0 radical (unpaired) electrons. The lowest BCUT2D eigenvalue weighted by Gasteiger charge is -2.07. The van der Waals surface area contributed by atoms with Gasteiger partial charge in [0.2, 0.25) is 5.88 Å². The van der Waals surface area contributed by atoms with Gasteiger partial charge in [-0.3, -0.25) is 4.79 Å². The molecule has 21 heavy (non-hydrogen) atoms. The van der Waals surface area contributed by atoms with Crippen LogP contribution in [0.25, 0.3) is 5.69 Å². The third kappa shape index (κ3) is 3.84. The molecule has 114 valence electrons. The molecular formula is C16H22N2O3. The predicted molar refractivity (Wildman–Crippen MR) is 81.9 cm³/mol. The van der Waals surface area contributed by atoms with Crippen molar-refractivity contribution in [3.8, 4) is 11.6 Å². The monoisotopic (exact) mass is 290 g/mol. The maximum Gasteiger partial charge on any atom is 0.310 e. The Morgan fingerprint density at radius 1 is 1.19 bits per heavy atom. The highest BCUT2D eigenvalue weighted by Crippen LogP contribution is 2.26. The fraction of sp³-hybridized carbons (Fsp3) is 0.375. The van der Waals surface area contributed by atoms with Crippen LogP contribution in [0.3, 0.4) is 0 Å². The number of aryl methyl sites for hydroxylation is 1. The molecule has 5 nitrogen and oxygen atoms in total. The number of carbonyl (C=O) groups is 1. The topological polar surface area (TPSA) is 53.3 Å². The maximum absolute atomic E-state index is 11.4. The van der Waals surface area contributed by atoms with Crippen LogP contribution in [0, 0.1) is 6.92 Å². The molecule has 0 unspecified atom stereocenters. The van der Waals surface area contributed by atoms with Gasteiger partial charge < -0.3 is 9.47 Å². The second kappa shape index (κ2) is 8.09. The second-order valence-corrected chi connectivity index (χ2v) is 4.07. The van der Waals surface area contributed by atoms with Crippen molar-refractivity contribution in [2.75, 3.05) is 14.2 Å². The molecule has 0 N–H and O–H groups in total. The van der Waals surface area contributed by atoms with Gasteiger partial charge in [-0.2, -0.15) is 5.10 Å². The van der Waals surface area contributed by atoms with Crippen molar-refractivity contribution in [1.29, 1.82) is 0 Å². The zero-order chi connectivity index (χ0) is 15.8. The zero-order valence-corrected chi connectivity index (χ0v) is 13.2. The third-order valence-electron chi connectivity index (χ3n) is 2.88. The largest absolute Gasteiger partial charge is 0.481 e. The summed E-state index contributed by atoms with van der Waals surface area (Å²) in [7, 11) is 2.93. The summed E-state index contributed by atoms with van der Waals surface area (Å²) in [5.41, 5.74) is 2.39. The molecular weight excluding hydrogens is 268 g/mol. The molecule has 1 aromatic heterocycles. The molecule has 0 bridgehead atoms. The van der Waals surface area contributed by atoms with Crippen LogP contribution in [0.1, 0.15) is 25.1 Å². The summed E-state index contributed by atoms with van der Waals surface area (Å²) in [6, 6.07) is 9.63. The van der Waals surface area contributed by atoms with Crippen molar-refractivity contribution in [1.82, 2.24) is 9.78 Å². The number of nitrogens with zero attached hydrogens (tertiary/aromatic N) is 2. The Balaban J connectivity index is 0.00000106. The van der Waals surface area contributed by atoms with Gasteiger partial charge in [0, 0.05) is 5.56 Å². The Hall–Kier alpha value is -2.30. The van der Waals surface area contributed by atoms with Crippen LogP contribution in [0.2, 0.25) is 0 Å². The van der Waals surface area contributed by atoms with Crippen LogP contribution in [-0.2, 0) is 16.0 Å². The Morgan fingerprint density at radius 3 is 2.33 bits per heavy atom. The lowest BCUT2D eigenvalue weighted by Crippen LogP contribution is -2.06. The van der Waals surface area contributed by atoms with E-state index in [9.17, 15) is 4.79 Å². The molecule has 5 heteroatoms. The van der Waals surface area contributed by atoms with Crippen LogP contribution >= 0.6 is 0 Å². The van der Waals surface area contributed by atoms with E-state index in [-0.39, 0.29) is 12.4 Å². The van der Waals surface area contributed by atoms with Gasteiger partial charge in [0.15, 0.2) is 0 Å². The van der Waals surface area contributed by atoms with Gasteiger partial charge in [0.1, 0.15) is 0 Å². The number of carbonyl (C=O) groups excluding carboxylic acids is 1. The lowest BCUT2D eigenvalue weighted by molar-refractivity contribution is -0.139. The quantitative estimate of drug-likeness (QED) is 0.812. The van der Waals surface area contributed by atoms with Gasteiger partial charge in [-0.1, -0.05) is 32.0 Å². The van der Waals surface area contributed by atoms with Crippen molar-refractivity contribution < 1.29 is 14.3 Å². The average molecular weight is 290 g/mol. The summed E-state index contributed by atoms with van der Waals surface area (Å²) in [6.07, 6.45) is 0.151.